The van der Waals surface area contributed by atoms with Gasteiger partial charge in [0.1, 0.15) is 23.1 Å². The van der Waals surface area contributed by atoms with Gasteiger partial charge in [-0.1, -0.05) is 25.1 Å². The van der Waals surface area contributed by atoms with E-state index in [2.05, 4.69) is 19.8 Å². The second-order valence-corrected chi connectivity index (χ2v) is 9.13. The van der Waals surface area contributed by atoms with E-state index in [9.17, 15) is 4.79 Å². The zero-order chi connectivity index (χ0) is 25.8. The van der Waals surface area contributed by atoms with E-state index >= 15 is 4.39 Å². The maximum absolute atomic E-state index is 15.0. The van der Waals surface area contributed by atoms with E-state index in [1.807, 2.05) is 49.4 Å². The monoisotopic (exact) mass is 502 g/mol. The van der Waals surface area contributed by atoms with Gasteiger partial charge in [-0.15, -0.1) is 0 Å². The summed E-state index contributed by atoms with van der Waals surface area (Å²) in [7, 11) is 1.60. The lowest BCUT2D eigenvalue weighted by Gasteiger charge is -2.35. The van der Waals surface area contributed by atoms with Crippen LogP contribution in [0.5, 0.6) is 11.5 Å². The third kappa shape index (κ3) is 5.15. The van der Waals surface area contributed by atoms with Crippen molar-refractivity contribution in [1.29, 1.82) is 0 Å². The van der Waals surface area contributed by atoms with Crippen molar-refractivity contribution in [2.45, 2.75) is 19.9 Å². The summed E-state index contributed by atoms with van der Waals surface area (Å²) in [5.74, 6) is 1.58. The summed E-state index contributed by atoms with van der Waals surface area (Å²) in [6, 6.07) is 16.1. The first-order valence-electron chi connectivity index (χ1n) is 12.6. The van der Waals surface area contributed by atoms with Crippen molar-refractivity contribution in [3.63, 3.8) is 0 Å². The lowest BCUT2D eigenvalue weighted by atomic mass is 9.99. The van der Waals surface area contributed by atoms with Crippen LogP contribution in [0.25, 0.3) is 22.0 Å². The smallest absolute Gasteiger partial charge is 0.200 e. The second kappa shape index (κ2) is 11.0. The molecular formula is C29H31FN4O3. The first-order valence-corrected chi connectivity index (χ1v) is 12.6. The number of ether oxygens (including phenoxy) is 2. The number of pyridine rings is 2. The van der Waals surface area contributed by atoms with E-state index in [0.717, 1.165) is 44.1 Å². The Kier molecular flexibility index (Phi) is 7.37. The van der Waals surface area contributed by atoms with Gasteiger partial charge in [-0.2, -0.15) is 0 Å². The first-order chi connectivity index (χ1) is 18.1. The van der Waals surface area contributed by atoms with Gasteiger partial charge in [-0.25, -0.2) is 9.37 Å². The van der Waals surface area contributed by atoms with Crippen molar-refractivity contribution in [1.82, 2.24) is 14.9 Å². The van der Waals surface area contributed by atoms with Crippen molar-refractivity contribution in [2.75, 3.05) is 44.8 Å². The van der Waals surface area contributed by atoms with Gasteiger partial charge in [0.2, 0.25) is 5.43 Å². The third-order valence-corrected chi connectivity index (χ3v) is 6.72. The standard InChI is InChI=1S/C29H31FN4O3/c1-3-18-37-24-12-11-22(30)27-28(24)32-23(26(29(27)35)20-7-9-21(36-2)10-8-20)19-33-14-16-34(17-15-33)25-6-4-5-13-31-25/h4-13H,3,14-19H2,1-2H3,(H,32,35). The molecule has 0 atom stereocenters. The molecule has 5 rings (SSSR count). The van der Waals surface area contributed by atoms with Crippen LogP contribution in [0, 0.1) is 5.82 Å². The highest BCUT2D eigenvalue weighted by Crippen LogP contribution is 2.30. The fourth-order valence-corrected chi connectivity index (χ4v) is 4.79. The van der Waals surface area contributed by atoms with Gasteiger partial charge in [0.25, 0.3) is 0 Å². The Labute approximate surface area is 215 Å². The highest BCUT2D eigenvalue weighted by Gasteiger charge is 2.23. The fourth-order valence-electron chi connectivity index (χ4n) is 4.79. The van der Waals surface area contributed by atoms with Crippen LogP contribution < -0.4 is 19.8 Å². The number of aromatic nitrogens is 2. The summed E-state index contributed by atoms with van der Waals surface area (Å²) >= 11 is 0. The largest absolute Gasteiger partial charge is 0.497 e. The van der Waals surface area contributed by atoms with Gasteiger partial charge < -0.3 is 19.4 Å². The van der Waals surface area contributed by atoms with Crippen molar-refractivity contribution in [3.8, 4) is 22.6 Å². The maximum atomic E-state index is 15.0. The fraction of sp³-hybridized carbons (Fsp3) is 0.310. The van der Waals surface area contributed by atoms with E-state index in [0.29, 0.717) is 41.3 Å². The Morgan fingerprint density at radius 2 is 1.81 bits per heavy atom. The predicted octanol–water partition coefficient (Wildman–Crippen LogP) is 4.85. The van der Waals surface area contributed by atoms with E-state index in [1.165, 1.54) is 6.07 Å². The summed E-state index contributed by atoms with van der Waals surface area (Å²) in [5, 5.41) is 0.0168. The van der Waals surface area contributed by atoms with E-state index in [1.54, 1.807) is 19.4 Å². The minimum absolute atomic E-state index is 0.0168. The molecule has 8 heteroatoms. The van der Waals surface area contributed by atoms with Crippen LogP contribution in [-0.2, 0) is 6.54 Å². The molecule has 1 aliphatic rings. The summed E-state index contributed by atoms with van der Waals surface area (Å²) in [5.41, 5.74) is 1.97. The Morgan fingerprint density at radius 3 is 2.49 bits per heavy atom. The average molecular weight is 503 g/mol. The molecule has 1 saturated heterocycles. The van der Waals surface area contributed by atoms with Crippen molar-refractivity contribution in [2.24, 2.45) is 0 Å². The molecule has 4 aromatic rings. The molecule has 1 N–H and O–H groups in total. The molecule has 2 aromatic carbocycles. The molecule has 0 spiro atoms. The molecular weight excluding hydrogens is 471 g/mol. The van der Waals surface area contributed by atoms with Crippen molar-refractivity contribution < 1.29 is 13.9 Å². The average Bonchev–Trinajstić information content (AvgIpc) is 2.94. The van der Waals surface area contributed by atoms with Gasteiger partial charge in [0, 0.05) is 44.6 Å². The van der Waals surface area contributed by atoms with Gasteiger partial charge in [-0.3, -0.25) is 9.69 Å². The SMILES string of the molecule is CCCOc1ccc(F)c2c(=O)c(-c3ccc(OC)cc3)c(CN3CCN(c4ccccn4)CC3)[nH]c12. The number of nitrogens with one attached hydrogen (secondary N) is 1. The molecule has 2 aromatic heterocycles. The molecule has 0 aliphatic carbocycles. The molecule has 37 heavy (non-hydrogen) atoms. The van der Waals surface area contributed by atoms with Crippen LogP contribution in [0.4, 0.5) is 10.2 Å². The Bertz CT molecular complexity index is 1420. The lowest BCUT2D eigenvalue weighted by molar-refractivity contribution is 0.247. The number of rotatable bonds is 8. The quantitative estimate of drug-likeness (QED) is 0.372. The minimum atomic E-state index is -0.564. The number of fused-ring (bicyclic) bond motifs is 1. The summed E-state index contributed by atoms with van der Waals surface area (Å²) in [6.07, 6.45) is 2.61. The van der Waals surface area contributed by atoms with E-state index in [-0.39, 0.29) is 10.8 Å². The minimum Gasteiger partial charge on any atom is -0.497 e. The van der Waals surface area contributed by atoms with Crippen molar-refractivity contribution in [3.05, 3.63) is 82.5 Å². The summed E-state index contributed by atoms with van der Waals surface area (Å²) in [6.45, 7) is 6.27. The topological polar surface area (TPSA) is 70.7 Å². The number of hydrogen-bond donors (Lipinski definition) is 1. The van der Waals surface area contributed by atoms with Gasteiger partial charge >= 0.3 is 0 Å². The van der Waals surface area contributed by atoms with E-state index in [4.69, 9.17) is 9.47 Å². The van der Waals surface area contributed by atoms with Crippen LogP contribution in [0.1, 0.15) is 19.0 Å². The molecule has 0 radical (unpaired) electrons. The summed E-state index contributed by atoms with van der Waals surface area (Å²) in [4.78, 5) is 26.3. The highest BCUT2D eigenvalue weighted by atomic mass is 19.1. The molecule has 0 amide bonds. The normalized spacial score (nSPS) is 14.2. The van der Waals surface area contributed by atoms with Gasteiger partial charge in [-0.05, 0) is 48.4 Å². The number of H-pyrrole nitrogens is 1. The Balaban J connectivity index is 1.54. The number of benzene rings is 2. The molecule has 192 valence electrons. The number of piperazine rings is 1. The molecule has 3 heterocycles. The molecule has 1 fully saturated rings. The second-order valence-electron chi connectivity index (χ2n) is 9.13. The number of aromatic amines is 1. The van der Waals surface area contributed by atoms with Crippen LogP contribution in [-0.4, -0.2) is 54.8 Å². The molecule has 1 aliphatic heterocycles. The number of nitrogens with zero attached hydrogens (tertiary/aromatic N) is 3. The Morgan fingerprint density at radius 1 is 1.03 bits per heavy atom. The van der Waals surface area contributed by atoms with Crippen LogP contribution >= 0.6 is 0 Å². The third-order valence-electron chi connectivity index (χ3n) is 6.72. The zero-order valence-corrected chi connectivity index (χ0v) is 21.2. The van der Waals surface area contributed by atoms with Crippen molar-refractivity contribution >= 4 is 16.7 Å². The molecule has 0 unspecified atom stereocenters. The molecule has 7 nitrogen and oxygen atoms in total. The van der Waals surface area contributed by atoms with Gasteiger partial charge in [0.05, 0.1) is 30.2 Å². The zero-order valence-electron chi connectivity index (χ0n) is 21.2. The molecule has 0 bridgehead atoms. The lowest BCUT2D eigenvalue weighted by Crippen LogP contribution is -2.46. The predicted molar refractivity (Wildman–Crippen MR) is 144 cm³/mol. The van der Waals surface area contributed by atoms with E-state index < -0.39 is 5.82 Å². The molecule has 0 saturated carbocycles. The number of methoxy groups -OCH3 is 1. The van der Waals surface area contributed by atoms with Crippen LogP contribution in [0.15, 0.2) is 65.6 Å². The Hall–Kier alpha value is -3.91. The highest BCUT2D eigenvalue weighted by molar-refractivity contribution is 5.89. The maximum Gasteiger partial charge on any atom is 0.200 e. The van der Waals surface area contributed by atoms with Crippen LogP contribution in [0.3, 0.4) is 0 Å². The summed E-state index contributed by atoms with van der Waals surface area (Å²) < 4.78 is 26.2. The van der Waals surface area contributed by atoms with Gasteiger partial charge in [0.15, 0.2) is 0 Å². The first kappa shape index (κ1) is 24.8. The number of hydrogen-bond acceptors (Lipinski definition) is 6. The van der Waals surface area contributed by atoms with Crippen LogP contribution in [0.2, 0.25) is 0 Å². The number of halogens is 1. The number of anilines is 1.